The van der Waals surface area contributed by atoms with Crippen molar-refractivity contribution < 1.29 is 4.74 Å². The molecule has 2 rings (SSSR count). The Bertz CT molecular complexity index is 483. The monoisotopic (exact) mass is 246 g/mol. The molecule has 0 amide bonds. The van der Waals surface area contributed by atoms with Gasteiger partial charge in [0.15, 0.2) is 0 Å². The number of benzene rings is 2. The minimum atomic E-state index is 0.553. The molecule has 17 heavy (non-hydrogen) atoms. The van der Waals surface area contributed by atoms with E-state index in [1.165, 1.54) is 0 Å². The van der Waals surface area contributed by atoms with Crippen LogP contribution in [0.15, 0.2) is 64.3 Å². The maximum absolute atomic E-state index is 5.62. The zero-order valence-electron chi connectivity index (χ0n) is 9.08. The van der Waals surface area contributed by atoms with Crippen molar-refractivity contribution in [2.75, 3.05) is 0 Å². The lowest BCUT2D eigenvalue weighted by Gasteiger charge is -2.05. The lowest BCUT2D eigenvalue weighted by Crippen LogP contribution is -1.94. The van der Waals surface area contributed by atoms with Crippen LogP contribution in [-0.4, -0.2) is 0 Å². The lowest BCUT2D eigenvalue weighted by atomic mass is 10.2. The van der Waals surface area contributed by atoms with E-state index in [2.05, 4.69) is 9.75 Å². The molecule has 0 bridgehead atoms. The second-order valence-electron chi connectivity index (χ2n) is 3.44. The Morgan fingerprint density at radius 2 is 1.65 bits per heavy atom. The highest BCUT2D eigenvalue weighted by Gasteiger charge is 1.96. The summed E-state index contributed by atoms with van der Waals surface area (Å²) in [5.74, 6) is 0.794. The van der Waals surface area contributed by atoms with Gasteiger partial charge in [0.25, 0.3) is 0 Å². The Balaban J connectivity index is 1.95. The van der Waals surface area contributed by atoms with E-state index in [0.29, 0.717) is 12.3 Å². The fourth-order valence-electron chi connectivity index (χ4n) is 1.39. The Kier molecular flexibility index (Phi) is 4.11. The first-order valence-electron chi connectivity index (χ1n) is 5.17. The van der Waals surface area contributed by atoms with Gasteiger partial charge in [-0.05, 0) is 29.8 Å². The van der Waals surface area contributed by atoms with E-state index in [1.807, 2.05) is 42.5 Å². The van der Waals surface area contributed by atoms with Crippen LogP contribution in [0.4, 0.5) is 5.69 Å². The highest BCUT2D eigenvalue weighted by molar-refractivity contribution is 6.14. The fourth-order valence-corrected chi connectivity index (χ4v) is 1.48. The molecular formula is C13H11ClN2O. The number of rotatable bonds is 4. The molecular weight excluding hydrogens is 236 g/mol. The van der Waals surface area contributed by atoms with Crippen LogP contribution in [0, 0.1) is 0 Å². The van der Waals surface area contributed by atoms with Crippen molar-refractivity contribution >= 4 is 17.5 Å². The van der Waals surface area contributed by atoms with Gasteiger partial charge >= 0.3 is 0 Å². The van der Waals surface area contributed by atoms with Crippen LogP contribution >= 0.6 is 11.8 Å². The van der Waals surface area contributed by atoms with Gasteiger partial charge in [0.2, 0.25) is 0 Å². The quantitative estimate of drug-likeness (QED) is 0.731. The summed E-state index contributed by atoms with van der Waals surface area (Å²) in [5.41, 5.74) is 1.84. The standard InChI is InChI=1S/C13H11ClN2O/c14-16-15-12-6-8-13(9-7-12)17-10-11-4-2-1-3-5-11/h1-9H,10H2. The summed E-state index contributed by atoms with van der Waals surface area (Å²) in [7, 11) is 0. The second kappa shape index (κ2) is 6.01. The van der Waals surface area contributed by atoms with Crippen LogP contribution in [0.1, 0.15) is 5.56 Å². The van der Waals surface area contributed by atoms with Gasteiger partial charge < -0.3 is 4.74 Å². The molecule has 0 aliphatic carbocycles. The van der Waals surface area contributed by atoms with Gasteiger partial charge in [0, 0.05) is 0 Å². The normalized spacial score (nSPS) is 10.6. The van der Waals surface area contributed by atoms with E-state index >= 15 is 0 Å². The summed E-state index contributed by atoms with van der Waals surface area (Å²) in [6.07, 6.45) is 0. The number of halogens is 1. The van der Waals surface area contributed by atoms with Crippen molar-refractivity contribution in [2.24, 2.45) is 9.75 Å². The van der Waals surface area contributed by atoms with E-state index in [-0.39, 0.29) is 0 Å². The summed E-state index contributed by atoms with van der Waals surface area (Å²) in [6, 6.07) is 17.3. The Hall–Kier alpha value is -1.87. The zero-order valence-corrected chi connectivity index (χ0v) is 9.84. The minimum Gasteiger partial charge on any atom is -0.489 e. The second-order valence-corrected chi connectivity index (χ2v) is 3.59. The van der Waals surface area contributed by atoms with Crippen LogP contribution in [0.2, 0.25) is 0 Å². The van der Waals surface area contributed by atoms with Crippen molar-refractivity contribution in [1.82, 2.24) is 0 Å². The molecule has 0 spiro atoms. The molecule has 4 heteroatoms. The average molecular weight is 247 g/mol. The van der Waals surface area contributed by atoms with Crippen LogP contribution in [0.3, 0.4) is 0 Å². The minimum absolute atomic E-state index is 0.553. The molecule has 0 aliphatic rings. The SMILES string of the molecule is ClN=Nc1ccc(OCc2ccccc2)cc1. The molecule has 0 saturated carbocycles. The van der Waals surface area contributed by atoms with E-state index in [1.54, 1.807) is 12.1 Å². The van der Waals surface area contributed by atoms with E-state index < -0.39 is 0 Å². The molecule has 2 aromatic rings. The third-order valence-corrected chi connectivity index (χ3v) is 2.31. The van der Waals surface area contributed by atoms with Crippen molar-refractivity contribution in [3.63, 3.8) is 0 Å². The average Bonchev–Trinajstić information content (AvgIpc) is 2.40. The third kappa shape index (κ3) is 3.57. The summed E-state index contributed by atoms with van der Waals surface area (Å²) in [4.78, 5) is 0. The highest BCUT2D eigenvalue weighted by atomic mass is 35.5. The number of nitrogens with zero attached hydrogens (tertiary/aromatic N) is 2. The molecule has 0 aliphatic heterocycles. The predicted octanol–water partition coefficient (Wildman–Crippen LogP) is 4.50. The van der Waals surface area contributed by atoms with Crippen LogP contribution < -0.4 is 4.74 Å². The highest BCUT2D eigenvalue weighted by Crippen LogP contribution is 2.19. The molecule has 0 fully saturated rings. The van der Waals surface area contributed by atoms with Crippen LogP contribution in [0.25, 0.3) is 0 Å². The molecule has 0 atom stereocenters. The third-order valence-electron chi connectivity index (χ3n) is 2.24. The maximum Gasteiger partial charge on any atom is 0.119 e. The Morgan fingerprint density at radius 1 is 0.941 bits per heavy atom. The van der Waals surface area contributed by atoms with Crippen molar-refractivity contribution in [3.8, 4) is 5.75 Å². The van der Waals surface area contributed by atoms with Gasteiger partial charge in [-0.25, -0.2) is 0 Å². The fraction of sp³-hybridized carbons (Fsp3) is 0.0769. The predicted molar refractivity (Wildman–Crippen MR) is 67.6 cm³/mol. The number of ether oxygens (including phenoxy) is 1. The lowest BCUT2D eigenvalue weighted by molar-refractivity contribution is 0.306. The summed E-state index contributed by atoms with van der Waals surface area (Å²) >= 11 is 5.14. The first-order chi connectivity index (χ1) is 8.38. The van der Waals surface area contributed by atoms with Gasteiger partial charge in [-0.2, -0.15) is 0 Å². The maximum atomic E-state index is 5.62. The van der Waals surface area contributed by atoms with Crippen molar-refractivity contribution in [3.05, 3.63) is 60.2 Å². The Labute approximate surface area is 105 Å². The molecule has 0 aromatic heterocycles. The van der Waals surface area contributed by atoms with Crippen molar-refractivity contribution in [2.45, 2.75) is 6.61 Å². The van der Waals surface area contributed by atoms with E-state index in [9.17, 15) is 0 Å². The molecule has 3 nitrogen and oxygen atoms in total. The molecule has 0 saturated heterocycles. The summed E-state index contributed by atoms with van der Waals surface area (Å²) in [6.45, 7) is 0.553. The largest absolute Gasteiger partial charge is 0.489 e. The molecule has 0 unspecified atom stereocenters. The van der Waals surface area contributed by atoms with Gasteiger partial charge in [0.1, 0.15) is 12.4 Å². The molecule has 0 heterocycles. The Morgan fingerprint density at radius 3 is 2.29 bits per heavy atom. The summed E-state index contributed by atoms with van der Waals surface area (Å²) in [5, 5.41) is 3.70. The first kappa shape index (κ1) is 11.6. The van der Waals surface area contributed by atoms with Crippen LogP contribution in [-0.2, 0) is 6.61 Å². The molecule has 0 radical (unpaired) electrons. The summed E-state index contributed by atoms with van der Waals surface area (Å²) < 4.78 is 8.81. The number of hydrogen-bond acceptors (Lipinski definition) is 3. The van der Waals surface area contributed by atoms with E-state index in [0.717, 1.165) is 11.3 Å². The van der Waals surface area contributed by atoms with Crippen molar-refractivity contribution in [1.29, 1.82) is 0 Å². The smallest absolute Gasteiger partial charge is 0.119 e. The first-order valence-corrected chi connectivity index (χ1v) is 5.51. The zero-order chi connectivity index (χ0) is 11.9. The topological polar surface area (TPSA) is 34.0 Å². The van der Waals surface area contributed by atoms with Gasteiger partial charge in [-0.15, -0.1) is 5.11 Å². The molecule has 86 valence electrons. The van der Waals surface area contributed by atoms with Gasteiger partial charge in [0.05, 0.1) is 17.5 Å². The van der Waals surface area contributed by atoms with Crippen LogP contribution in [0.5, 0.6) is 5.75 Å². The van der Waals surface area contributed by atoms with Gasteiger partial charge in [-0.3, -0.25) is 0 Å². The number of hydrogen-bond donors (Lipinski definition) is 0. The molecule has 0 N–H and O–H groups in total. The molecule has 2 aromatic carbocycles. The van der Waals surface area contributed by atoms with Gasteiger partial charge in [-0.1, -0.05) is 35.0 Å². The van der Waals surface area contributed by atoms with E-state index in [4.69, 9.17) is 16.5 Å².